The zero-order valence-electron chi connectivity index (χ0n) is 15.8. The second-order valence-corrected chi connectivity index (χ2v) is 7.14. The molecule has 0 saturated carbocycles. The van der Waals surface area contributed by atoms with E-state index in [1.165, 1.54) is 44.0 Å². The summed E-state index contributed by atoms with van der Waals surface area (Å²) in [4.78, 5) is 2.32. The van der Waals surface area contributed by atoms with Crippen LogP contribution < -0.4 is 4.90 Å². The molecule has 0 aliphatic carbocycles. The summed E-state index contributed by atoms with van der Waals surface area (Å²) >= 11 is 0. The van der Waals surface area contributed by atoms with Gasteiger partial charge in [0.15, 0.2) is 0 Å². The Bertz CT molecular complexity index is 1270. The number of benzene rings is 5. The second-order valence-electron chi connectivity index (χ2n) is 7.14. The monoisotopic (exact) mass is 359 g/mol. The molecule has 5 aromatic carbocycles. The van der Waals surface area contributed by atoms with Crippen LogP contribution in [0.5, 0.6) is 0 Å². The standard InChI is InChI=1S/C27H21N/c1-28(26-17-9-15-20-12-7-8-16-24(20)26)27-19-23-14-6-5-13-22(23)18-25(27)21-10-3-2-4-11-21/h2-19H,1H3. The molecule has 0 aromatic heterocycles. The Balaban J connectivity index is 1.77. The van der Waals surface area contributed by atoms with E-state index in [0.717, 1.165) is 0 Å². The lowest BCUT2D eigenvalue weighted by molar-refractivity contribution is 1.23. The Morgan fingerprint density at radius 3 is 1.89 bits per heavy atom. The highest BCUT2D eigenvalue weighted by molar-refractivity contribution is 6.00. The number of fused-ring (bicyclic) bond motifs is 2. The third kappa shape index (κ3) is 2.82. The van der Waals surface area contributed by atoms with Crippen molar-refractivity contribution in [2.75, 3.05) is 11.9 Å². The average molecular weight is 359 g/mol. The zero-order valence-corrected chi connectivity index (χ0v) is 15.8. The van der Waals surface area contributed by atoms with E-state index in [9.17, 15) is 0 Å². The van der Waals surface area contributed by atoms with Gasteiger partial charge in [0, 0.05) is 29.4 Å². The van der Waals surface area contributed by atoms with Gasteiger partial charge in [-0.1, -0.05) is 91.0 Å². The topological polar surface area (TPSA) is 3.24 Å². The highest BCUT2D eigenvalue weighted by atomic mass is 15.1. The van der Waals surface area contributed by atoms with E-state index >= 15 is 0 Å². The lowest BCUT2D eigenvalue weighted by atomic mass is 9.97. The molecule has 28 heavy (non-hydrogen) atoms. The van der Waals surface area contributed by atoms with Gasteiger partial charge in [0.2, 0.25) is 0 Å². The minimum Gasteiger partial charge on any atom is -0.344 e. The van der Waals surface area contributed by atoms with Gasteiger partial charge in [0.1, 0.15) is 0 Å². The first kappa shape index (κ1) is 16.6. The van der Waals surface area contributed by atoms with Crippen LogP contribution in [0.3, 0.4) is 0 Å². The van der Waals surface area contributed by atoms with Crippen LogP contribution in [0.2, 0.25) is 0 Å². The van der Waals surface area contributed by atoms with Crippen molar-refractivity contribution < 1.29 is 0 Å². The summed E-state index contributed by atoms with van der Waals surface area (Å²) in [6.45, 7) is 0. The summed E-state index contributed by atoms with van der Waals surface area (Å²) in [6.07, 6.45) is 0. The molecule has 0 radical (unpaired) electrons. The van der Waals surface area contributed by atoms with Gasteiger partial charge in [0.25, 0.3) is 0 Å². The lowest BCUT2D eigenvalue weighted by Crippen LogP contribution is -2.11. The quantitative estimate of drug-likeness (QED) is 0.324. The Kier molecular flexibility index (Phi) is 4.06. The summed E-state index contributed by atoms with van der Waals surface area (Å²) in [5, 5.41) is 5.04. The first-order valence-electron chi connectivity index (χ1n) is 9.61. The SMILES string of the molecule is CN(c1cc2ccccc2cc1-c1ccccc1)c1cccc2ccccc12. The molecular formula is C27H21N. The molecule has 0 atom stereocenters. The highest BCUT2D eigenvalue weighted by Crippen LogP contribution is 2.39. The molecule has 0 saturated heterocycles. The van der Waals surface area contributed by atoms with Gasteiger partial charge in [-0.05, 0) is 39.9 Å². The van der Waals surface area contributed by atoms with Crippen molar-refractivity contribution in [3.05, 3.63) is 109 Å². The molecule has 5 rings (SSSR count). The molecule has 134 valence electrons. The summed E-state index contributed by atoms with van der Waals surface area (Å²) in [5.74, 6) is 0. The molecule has 0 N–H and O–H groups in total. The average Bonchev–Trinajstić information content (AvgIpc) is 2.78. The largest absolute Gasteiger partial charge is 0.344 e. The Morgan fingerprint density at radius 2 is 1.11 bits per heavy atom. The smallest absolute Gasteiger partial charge is 0.0494 e. The van der Waals surface area contributed by atoms with Crippen molar-refractivity contribution in [1.29, 1.82) is 0 Å². The van der Waals surface area contributed by atoms with Gasteiger partial charge in [-0.3, -0.25) is 0 Å². The van der Waals surface area contributed by atoms with Crippen molar-refractivity contribution in [3.63, 3.8) is 0 Å². The van der Waals surface area contributed by atoms with Crippen LogP contribution >= 0.6 is 0 Å². The fraction of sp³-hybridized carbons (Fsp3) is 0.0370. The summed E-state index contributed by atoms with van der Waals surface area (Å²) < 4.78 is 0. The fourth-order valence-corrected chi connectivity index (χ4v) is 3.99. The van der Waals surface area contributed by atoms with Crippen LogP contribution in [0.1, 0.15) is 0 Å². The van der Waals surface area contributed by atoms with Gasteiger partial charge in [-0.25, -0.2) is 0 Å². The van der Waals surface area contributed by atoms with Crippen LogP contribution in [0.15, 0.2) is 109 Å². The lowest BCUT2D eigenvalue weighted by Gasteiger charge is -2.25. The summed E-state index contributed by atoms with van der Waals surface area (Å²) in [5.41, 5.74) is 4.90. The first-order valence-corrected chi connectivity index (χ1v) is 9.61. The van der Waals surface area contributed by atoms with Gasteiger partial charge >= 0.3 is 0 Å². The normalized spacial score (nSPS) is 11.0. The summed E-state index contributed by atoms with van der Waals surface area (Å²) in [7, 11) is 2.16. The van der Waals surface area contributed by atoms with Crippen molar-refractivity contribution in [2.45, 2.75) is 0 Å². The molecule has 0 unspecified atom stereocenters. The molecule has 0 fully saturated rings. The molecular weight excluding hydrogens is 338 g/mol. The van der Waals surface area contributed by atoms with Crippen molar-refractivity contribution in [3.8, 4) is 11.1 Å². The molecule has 0 amide bonds. The maximum atomic E-state index is 2.32. The first-order chi connectivity index (χ1) is 13.8. The van der Waals surface area contributed by atoms with E-state index in [4.69, 9.17) is 0 Å². The number of hydrogen-bond acceptors (Lipinski definition) is 1. The number of anilines is 2. The summed E-state index contributed by atoms with van der Waals surface area (Å²) in [6, 6.07) is 38.9. The maximum absolute atomic E-state index is 2.32. The second kappa shape index (κ2) is 6.86. The third-order valence-corrected chi connectivity index (χ3v) is 5.44. The van der Waals surface area contributed by atoms with E-state index in [0.29, 0.717) is 0 Å². The molecule has 0 spiro atoms. The molecule has 5 aromatic rings. The van der Waals surface area contributed by atoms with Gasteiger partial charge < -0.3 is 4.90 Å². The molecule has 0 heterocycles. The molecule has 1 nitrogen and oxygen atoms in total. The predicted molar refractivity (Wildman–Crippen MR) is 121 cm³/mol. The van der Waals surface area contributed by atoms with Crippen molar-refractivity contribution in [1.82, 2.24) is 0 Å². The minimum absolute atomic E-state index is 1.21. The van der Waals surface area contributed by atoms with E-state index in [-0.39, 0.29) is 0 Å². The molecule has 0 aliphatic heterocycles. The van der Waals surface area contributed by atoms with Crippen LogP contribution in [0.4, 0.5) is 11.4 Å². The van der Waals surface area contributed by atoms with Crippen molar-refractivity contribution in [2.24, 2.45) is 0 Å². The van der Waals surface area contributed by atoms with E-state index < -0.39 is 0 Å². The van der Waals surface area contributed by atoms with Crippen LogP contribution in [-0.4, -0.2) is 7.05 Å². The van der Waals surface area contributed by atoms with E-state index in [1.54, 1.807) is 0 Å². The fourth-order valence-electron chi connectivity index (χ4n) is 3.99. The van der Waals surface area contributed by atoms with Gasteiger partial charge in [0.05, 0.1) is 0 Å². The Hall–Kier alpha value is -3.58. The Morgan fingerprint density at radius 1 is 0.500 bits per heavy atom. The third-order valence-electron chi connectivity index (χ3n) is 5.44. The van der Waals surface area contributed by atoms with Crippen LogP contribution in [0.25, 0.3) is 32.7 Å². The van der Waals surface area contributed by atoms with E-state index in [1.807, 2.05) is 0 Å². The predicted octanol–water partition coefficient (Wildman–Crippen LogP) is 7.43. The molecule has 1 heteroatoms. The zero-order chi connectivity index (χ0) is 18.9. The van der Waals surface area contributed by atoms with Gasteiger partial charge in [-0.2, -0.15) is 0 Å². The highest BCUT2D eigenvalue weighted by Gasteiger charge is 2.14. The number of nitrogens with zero attached hydrogens (tertiary/aromatic N) is 1. The minimum atomic E-state index is 1.21. The maximum Gasteiger partial charge on any atom is 0.0494 e. The van der Waals surface area contributed by atoms with Crippen LogP contribution in [0, 0.1) is 0 Å². The van der Waals surface area contributed by atoms with E-state index in [2.05, 4.69) is 121 Å². The molecule has 0 bridgehead atoms. The number of rotatable bonds is 3. The van der Waals surface area contributed by atoms with Crippen molar-refractivity contribution >= 4 is 32.9 Å². The number of hydrogen-bond donors (Lipinski definition) is 0. The molecule has 0 aliphatic rings. The van der Waals surface area contributed by atoms with Gasteiger partial charge in [-0.15, -0.1) is 0 Å². The van der Waals surface area contributed by atoms with Crippen LogP contribution in [-0.2, 0) is 0 Å². The Labute approximate surface area is 165 Å².